The van der Waals surface area contributed by atoms with Gasteiger partial charge in [-0.3, -0.25) is 0 Å². The summed E-state index contributed by atoms with van der Waals surface area (Å²) in [7, 11) is 0.691. The van der Waals surface area contributed by atoms with Gasteiger partial charge in [-0.05, 0) is 6.04 Å². The van der Waals surface area contributed by atoms with Crippen molar-refractivity contribution in [3.05, 3.63) is 0 Å². The van der Waals surface area contributed by atoms with E-state index in [4.69, 9.17) is 13.6 Å². The van der Waals surface area contributed by atoms with Crippen LogP contribution in [0.3, 0.4) is 0 Å². The van der Waals surface area contributed by atoms with Gasteiger partial charge in [0, 0.05) is 6.61 Å². The fourth-order valence-electron chi connectivity index (χ4n) is 0.684. The quantitative estimate of drug-likeness (QED) is 0.273. The Labute approximate surface area is 66.5 Å². The summed E-state index contributed by atoms with van der Waals surface area (Å²) in [4.78, 5) is 0. The Morgan fingerprint density at radius 3 is 3.10 bits per heavy atom. The Kier molecular flexibility index (Phi) is 4.23. The molecule has 0 aliphatic carbocycles. The fraction of sp³-hybridized carbons (Fsp3) is 1.00. The Morgan fingerprint density at radius 1 is 1.70 bits per heavy atom. The molecule has 0 spiro atoms. The van der Waals surface area contributed by atoms with Crippen LogP contribution in [0.25, 0.3) is 0 Å². The highest BCUT2D eigenvalue weighted by Crippen LogP contribution is 2.08. The van der Waals surface area contributed by atoms with Crippen molar-refractivity contribution in [2.75, 3.05) is 19.8 Å². The van der Waals surface area contributed by atoms with E-state index in [1.165, 1.54) is 0 Å². The molecule has 1 unspecified atom stereocenters. The monoisotopic (exact) mass is 178 g/mol. The molecule has 0 aromatic carbocycles. The van der Waals surface area contributed by atoms with Crippen molar-refractivity contribution in [1.29, 1.82) is 0 Å². The van der Waals surface area contributed by atoms with Gasteiger partial charge in [0.05, 0.1) is 13.2 Å². The number of epoxide rings is 1. The van der Waals surface area contributed by atoms with Crippen molar-refractivity contribution in [1.82, 2.24) is 0 Å². The second-order valence-corrected chi connectivity index (χ2v) is 5.80. The van der Waals surface area contributed by atoms with E-state index in [1.807, 2.05) is 0 Å². The van der Waals surface area contributed by atoms with Gasteiger partial charge in [-0.15, -0.1) is 0 Å². The molecule has 1 heterocycles. The van der Waals surface area contributed by atoms with Crippen LogP contribution in [0, 0.1) is 0 Å². The van der Waals surface area contributed by atoms with Gasteiger partial charge in [0.15, 0.2) is 0 Å². The topological polar surface area (TPSA) is 31.0 Å². The highest BCUT2D eigenvalue weighted by Gasteiger charge is 2.21. The maximum absolute atomic E-state index is 5.30. The molecule has 0 N–H and O–H groups in total. The van der Waals surface area contributed by atoms with Crippen molar-refractivity contribution in [3.8, 4) is 0 Å². The van der Waals surface area contributed by atoms with E-state index in [0.29, 0.717) is 6.10 Å². The Morgan fingerprint density at radius 2 is 2.50 bits per heavy atom. The van der Waals surface area contributed by atoms with Crippen LogP contribution in [0.1, 0.15) is 0 Å². The molecule has 1 aliphatic rings. The van der Waals surface area contributed by atoms with Crippen molar-refractivity contribution < 1.29 is 13.6 Å². The van der Waals surface area contributed by atoms with E-state index >= 15 is 0 Å². The Bertz CT molecular complexity index is 87.0. The lowest BCUT2D eigenvalue weighted by Gasteiger charge is -1.99. The molecule has 0 bridgehead atoms. The zero-order valence-electron chi connectivity index (χ0n) is 6.34. The molecule has 1 fully saturated rings. The van der Waals surface area contributed by atoms with Gasteiger partial charge in [0.2, 0.25) is 0 Å². The van der Waals surface area contributed by atoms with Crippen LogP contribution in [0.15, 0.2) is 0 Å². The molecule has 0 aromatic heterocycles. The number of hydrogen-bond donors (Lipinski definition) is 0. The first-order chi connectivity index (χ1) is 4.93. The maximum atomic E-state index is 5.30. The van der Waals surface area contributed by atoms with Crippen LogP contribution in [0.2, 0.25) is 6.04 Å². The summed E-state index contributed by atoms with van der Waals surface area (Å²) in [6.07, 6.45) is 0.415. The normalized spacial score (nSPS) is 24.6. The number of hydrogen-bond acceptors (Lipinski definition) is 3. The summed E-state index contributed by atoms with van der Waals surface area (Å²) in [6.45, 7) is 2.55. The van der Waals surface area contributed by atoms with E-state index in [1.54, 1.807) is 0 Å². The van der Waals surface area contributed by atoms with E-state index in [9.17, 15) is 0 Å². The van der Waals surface area contributed by atoms with Crippen molar-refractivity contribution in [2.24, 2.45) is 0 Å². The minimum absolute atomic E-state index is 0.207. The molecule has 5 heteroatoms. The van der Waals surface area contributed by atoms with Crippen molar-refractivity contribution in [3.63, 3.8) is 0 Å². The first-order valence-electron chi connectivity index (χ1n) is 3.62. The molecule has 3 nitrogen and oxygen atoms in total. The lowest BCUT2D eigenvalue weighted by atomic mass is 10.5. The van der Waals surface area contributed by atoms with Crippen LogP contribution < -0.4 is 0 Å². The molecule has 0 aromatic rings. The lowest BCUT2D eigenvalue weighted by molar-refractivity contribution is 0.127. The Hall–Kier alpha value is 0.314. The predicted octanol–water partition coefficient (Wildman–Crippen LogP) is -1.80. The van der Waals surface area contributed by atoms with Gasteiger partial charge in [0.25, 0.3) is 0 Å². The average molecular weight is 178 g/mol. The summed E-state index contributed by atoms with van der Waals surface area (Å²) in [5, 5.41) is 0. The van der Waals surface area contributed by atoms with Gasteiger partial charge in [-0.25, -0.2) is 0 Å². The van der Waals surface area contributed by atoms with Crippen LogP contribution >= 0.6 is 0 Å². The van der Waals surface area contributed by atoms with Crippen LogP contribution in [0.4, 0.5) is 0 Å². The predicted molar refractivity (Wildman–Crippen MR) is 44.9 cm³/mol. The third-order valence-electron chi connectivity index (χ3n) is 1.34. The summed E-state index contributed by atoms with van der Waals surface area (Å²) in [5.74, 6) is 0. The first kappa shape index (κ1) is 8.41. The van der Waals surface area contributed by atoms with Crippen molar-refractivity contribution >= 4 is 20.2 Å². The molecule has 1 saturated heterocycles. The second-order valence-electron chi connectivity index (χ2n) is 2.38. The van der Waals surface area contributed by atoms with E-state index in [2.05, 4.69) is 0 Å². The van der Waals surface area contributed by atoms with Gasteiger partial charge >= 0.3 is 0 Å². The third-order valence-corrected chi connectivity index (χ3v) is 3.55. The molecule has 0 saturated carbocycles. The van der Waals surface area contributed by atoms with Crippen LogP contribution in [0.5, 0.6) is 0 Å². The minimum atomic E-state index is -0.207. The largest absolute Gasteiger partial charge is 0.468 e. The second kappa shape index (κ2) is 5.03. The number of rotatable bonds is 6. The van der Waals surface area contributed by atoms with E-state index in [0.717, 1.165) is 36.4 Å². The fourth-order valence-corrected chi connectivity index (χ4v) is 2.16. The van der Waals surface area contributed by atoms with Gasteiger partial charge < -0.3 is 13.6 Å². The SMILES string of the molecule is [SiH3]O[SiH2]CCOCC1CO1. The van der Waals surface area contributed by atoms with Crippen LogP contribution in [-0.2, 0) is 13.6 Å². The summed E-state index contributed by atoms with van der Waals surface area (Å²) < 4.78 is 15.4. The highest BCUT2D eigenvalue weighted by molar-refractivity contribution is 6.34. The molecular formula is C5H14O3Si2. The molecule has 1 aliphatic heterocycles. The zero-order chi connectivity index (χ0) is 7.23. The third kappa shape index (κ3) is 4.18. The van der Waals surface area contributed by atoms with E-state index < -0.39 is 0 Å². The molecular weight excluding hydrogens is 164 g/mol. The smallest absolute Gasteiger partial charge is 0.147 e. The molecule has 0 radical (unpaired) electrons. The summed E-state index contributed by atoms with van der Waals surface area (Å²) in [6, 6.07) is 1.15. The van der Waals surface area contributed by atoms with Gasteiger partial charge in [-0.2, -0.15) is 0 Å². The molecule has 1 atom stereocenters. The standard InChI is InChI=1S/C5H14O3Si2/c9-8-10-2-1-6-3-5-4-7-5/h5H,1-4,10H2,9H3. The lowest BCUT2D eigenvalue weighted by Crippen LogP contribution is -2.05. The number of ether oxygens (including phenoxy) is 2. The highest BCUT2D eigenvalue weighted by atomic mass is 28.3. The Balaban J connectivity index is 1.68. The van der Waals surface area contributed by atoms with Gasteiger partial charge in [-0.1, -0.05) is 0 Å². The zero-order valence-corrected chi connectivity index (χ0v) is 9.75. The van der Waals surface area contributed by atoms with E-state index in [-0.39, 0.29) is 9.76 Å². The van der Waals surface area contributed by atoms with Crippen LogP contribution in [-0.4, -0.2) is 46.2 Å². The minimum Gasteiger partial charge on any atom is -0.468 e. The summed E-state index contributed by atoms with van der Waals surface area (Å²) >= 11 is 0. The van der Waals surface area contributed by atoms with Gasteiger partial charge in [0.1, 0.15) is 26.4 Å². The summed E-state index contributed by atoms with van der Waals surface area (Å²) in [5.41, 5.74) is 0. The molecule has 60 valence electrons. The molecule has 0 amide bonds. The maximum Gasteiger partial charge on any atom is 0.147 e. The molecule has 1 rings (SSSR count). The first-order valence-corrected chi connectivity index (χ1v) is 6.01. The molecule has 10 heavy (non-hydrogen) atoms. The van der Waals surface area contributed by atoms with Crippen molar-refractivity contribution in [2.45, 2.75) is 12.1 Å². The average Bonchev–Trinajstić information content (AvgIpc) is 2.71.